The molecule has 0 aliphatic rings. The molecule has 0 saturated carbocycles. The van der Waals surface area contributed by atoms with E-state index in [0.717, 1.165) is 0 Å². The number of methoxy groups -OCH3 is 1. The molecule has 0 amide bonds. The topological polar surface area (TPSA) is 9.23 Å². The Morgan fingerprint density at radius 3 is 2.53 bits per heavy atom. The summed E-state index contributed by atoms with van der Waals surface area (Å²) in [5.41, 5.74) is 0.703. The fraction of sp³-hybridized carbons (Fsp3) is 0.500. The van der Waals surface area contributed by atoms with Crippen molar-refractivity contribution in [3.05, 3.63) is 29.6 Å². The Balaban J connectivity index is 2.78. The fourth-order valence-corrected chi connectivity index (χ4v) is 1.93. The summed E-state index contributed by atoms with van der Waals surface area (Å²) in [5.74, 6) is 0.755. The third-order valence-corrected chi connectivity index (χ3v) is 3.25. The molecule has 0 atom stereocenters. The van der Waals surface area contributed by atoms with Crippen LogP contribution in [0.25, 0.3) is 0 Å². The van der Waals surface area contributed by atoms with Crippen molar-refractivity contribution in [3.63, 3.8) is 0 Å². The lowest BCUT2D eigenvalue weighted by Gasteiger charge is -2.18. The summed E-state index contributed by atoms with van der Waals surface area (Å²) in [6, 6.07) is 5.26. The molecule has 0 heterocycles. The molecule has 0 N–H and O–H groups in total. The van der Waals surface area contributed by atoms with Crippen molar-refractivity contribution in [2.24, 2.45) is 0 Å². The Labute approximate surface area is 95.0 Å². The standard InChI is InChI=1S/C12H17FOS/c1-12(2,3)15-8-9-6-5-7-10(14-4)11(9)13/h5-7H,8H2,1-4H3. The van der Waals surface area contributed by atoms with Crippen molar-refractivity contribution in [2.75, 3.05) is 7.11 Å². The van der Waals surface area contributed by atoms with Crippen LogP contribution in [0.4, 0.5) is 4.39 Å². The van der Waals surface area contributed by atoms with Crippen molar-refractivity contribution in [1.82, 2.24) is 0 Å². The lowest BCUT2D eigenvalue weighted by molar-refractivity contribution is 0.385. The Hall–Kier alpha value is -0.700. The van der Waals surface area contributed by atoms with E-state index < -0.39 is 0 Å². The molecule has 0 bridgehead atoms. The summed E-state index contributed by atoms with van der Waals surface area (Å²) in [6.45, 7) is 6.36. The van der Waals surface area contributed by atoms with E-state index in [1.807, 2.05) is 6.07 Å². The number of hydrogen-bond donors (Lipinski definition) is 0. The Kier molecular flexibility index (Phi) is 4.03. The van der Waals surface area contributed by atoms with Gasteiger partial charge >= 0.3 is 0 Å². The molecular weight excluding hydrogens is 211 g/mol. The molecule has 0 radical (unpaired) electrons. The van der Waals surface area contributed by atoms with Gasteiger partial charge in [-0.3, -0.25) is 0 Å². The highest BCUT2D eigenvalue weighted by Gasteiger charge is 2.14. The molecule has 0 saturated heterocycles. The van der Waals surface area contributed by atoms with E-state index in [9.17, 15) is 4.39 Å². The monoisotopic (exact) mass is 228 g/mol. The number of thioether (sulfide) groups is 1. The number of halogens is 1. The van der Waals surface area contributed by atoms with Gasteiger partial charge in [-0.15, -0.1) is 0 Å². The zero-order valence-electron chi connectivity index (χ0n) is 9.63. The van der Waals surface area contributed by atoms with E-state index in [-0.39, 0.29) is 10.6 Å². The van der Waals surface area contributed by atoms with Gasteiger partial charge in [0, 0.05) is 16.1 Å². The first-order chi connectivity index (χ1) is 6.94. The van der Waals surface area contributed by atoms with Crippen LogP contribution >= 0.6 is 11.8 Å². The summed E-state index contributed by atoms with van der Waals surface area (Å²) in [5, 5.41) is 0. The van der Waals surface area contributed by atoms with Crippen molar-refractivity contribution < 1.29 is 9.13 Å². The molecule has 1 aromatic carbocycles. The first-order valence-electron chi connectivity index (χ1n) is 4.89. The average molecular weight is 228 g/mol. The molecule has 84 valence electrons. The SMILES string of the molecule is COc1cccc(CSC(C)(C)C)c1F. The van der Waals surface area contributed by atoms with Gasteiger partial charge in [-0.1, -0.05) is 32.9 Å². The van der Waals surface area contributed by atoms with Gasteiger partial charge in [0.2, 0.25) is 0 Å². The maximum atomic E-state index is 13.7. The third-order valence-electron chi connectivity index (χ3n) is 1.92. The van der Waals surface area contributed by atoms with Gasteiger partial charge in [-0.25, -0.2) is 4.39 Å². The minimum atomic E-state index is -0.239. The zero-order chi connectivity index (χ0) is 11.5. The van der Waals surface area contributed by atoms with Crippen molar-refractivity contribution in [1.29, 1.82) is 0 Å². The van der Waals surface area contributed by atoms with Gasteiger partial charge in [-0.05, 0) is 6.07 Å². The van der Waals surface area contributed by atoms with Crippen LogP contribution < -0.4 is 4.74 Å². The maximum absolute atomic E-state index is 13.7. The fourth-order valence-electron chi connectivity index (χ4n) is 1.12. The van der Waals surface area contributed by atoms with Gasteiger partial charge < -0.3 is 4.74 Å². The molecule has 1 aromatic rings. The molecule has 0 spiro atoms. The second kappa shape index (κ2) is 4.88. The minimum Gasteiger partial charge on any atom is -0.494 e. The Bertz CT molecular complexity index is 331. The molecule has 0 fully saturated rings. The molecular formula is C12H17FOS. The highest BCUT2D eigenvalue weighted by Crippen LogP contribution is 2.30. The molecule has 0 aromatic heterocycles. The third kappa shape index (κ3) is 3.74. The van der Waals surface area contributed by atoms with Crippen LogP contribution in [0.2, 0.25) is 0 Å². The smallest absolute Gasteiger partial charge is 0.169 e. The zero-order valence-corrected chi connectivity index (χ0v) is 10.5. The van der Waals surface area contributed by atoms with E-state index in [2.05, 4.69) is 20.8 Å². The van der Waals surface area contributed by atoms with Crippen molar-refractivity contribution >= 4 is 11.8 Å². The van der Waals surface area contributed by atoms with Crippen molar-refractivity contribution in [2.45, 2.75) is 31.3 Å². The summed E-state index contributed by atoms with van der Waals surface area (Å²) < 4.78 is 18.8. The largest absolute Gasteiger partial charge is 0.494 e. The van der Waals surface area contributed by atoms with E-state index in [1.165, 1.54) is 7.11 Å². The van der Waals surface area contributed by atoms with Crippen LogP contribution in [-0.4, -0.2) is 11.9 Å². The second-order valence-electron chi connectivity index (χ2n) is 4.33. The normalized spacial score (nSPS) is 11.5. The van der Waals surface area contributed by atoms with Gasteiger partial charge in [0.15, 0.2) is 11.6 Å². The first kappa shape index (κ1) is 12.4. The van der Waals surface area contributed by atoms with Gasteiger partial charge in [0.25, 0.3) is 0 Å². The molecule has 15 heavy (non-hydrogen) atoms. The summed E-state index contributed by atoms with van der Waals surface area (Å²) in [6.07, 6.45) is 0. The first-order valence-corrected chi connectivity index (χ1v) is 5.88. The molecule has 0 unspecified atom stereocenters. The molecule has 1 rings (SSSR count). The second-order valence-corrected chi connectivity index (χ2v) is 6.14. The number of ether oxygens (including phenoxy) is 1. The molecule has 0 aliphatic heterocycles. The molecule has 1 nitrogen and oxygen atoms in total. The highest BCUT2D eigenvalue weighted by molar-refractivity contribution is 7.99. The van der Waals surface area contributed by atoms with E-state index >= 15 is 0 Å². The van der Waals surface area contributed by atoms with Crippen LogP contribution in [-0.2, 0) is 5.75 Å². The van der Waals surface area contributed by atoms with E-state index in [0.29, 0.717) is 17.1 Å². The van der Waals surface area contributed by atoms with E-state index in [4.69, 9.17) is 4.74 Å². The summed E-state index contributed by atoms with van der Waals surface area (Å²) >= 11 is 1.72. The number of benzene rings is 1. The highest BCUT2D eigenvalue weighted by atomic mass is 32.2. The quantitative estimate of drug-likeness (QED) is 0.776. The van der Waals surface area contributed by atoms with Gasteiger partial charge in [-0.2, -0.15) is 11.8 Å². The van der Waals surface area contributed by atoms with Crippen LogP contribution in [0.1, 0.15) is 26.3 Å². The number of rotatable bonds is 3. The van der Waals surface area contributed by atoms with Crippen LogP contribution in [0.15, 0.2) is 18.2 Å². The van der Waals surface area contributed by atoms with Crippen LogP contribution in [0.3, 0.4) is 0 Å². The van der Waals surface area contributed by atoms with E-state index in [1.54, 1.807) is 23.9 Å². The van der Waals surface area contributed by atoms with Crippen LogP contribution in [0, 0.1) is 5.82 Å². The Morgan fingerprint density at radius 1 is 1.33 bits per heavy atom. The van der Waals surface area contributed by atoms with Crippen LogP contribution in [0.5, 0.6) is 5.75 Å². The van der Waals surface area contributed by atoms with Gasteiger partial charge in [0.1, 0.15) is 0 Å². The lowest BCUT2D eigenvalue weighted by Crippen LogP contribution is -2.08. The van der Waals surface area contributed by atoms with Gasteiger partial charge in [0.05, 0.1) is 7.11 Å². The predicted molar refractivity (Wildman–Crippen MR) is 64.0 cm³/mol. The maximum Gasteiger partial charge on any atom is 0.169 e. The number of hydrogen-bond acceptors (Lipinski definition) is 2. The minimum absolute atomic E-state index is 0.148. The van der Waals surface area contributed by atoms with Crippen molar-refractivity contribution in [3.8, 4) is 5.75 Å². The average Bonchev–Trinajstić information content (AvgIpc) is 2.15. The summed E-state index contributed by atoms with van der Waals surface area (Å²) in [4.78, 5) is 0. The predicted octanol–water partition coefficient (Wildman–Crippen LogP) is 3.87. The Morgan fingerprint density at radius 2 is 2.00 bits per heavy atom. The lowest BCUT2D eigenvalue weighted by atomic mass is 10.2. The summed E-state index contributed by atoms with van der Waals surface area (Å²) in [7, 11) is 1.49. The molecule has 0 aliphatic carbocycles. The molecule has 3 heteroatoms.